The minimum absolute atomic E-state index is 0.337. The molecule has 0 bridgehead atoms. The summed E-state index contributed by atoms with van der Waals surface area (Å²) in [5.74, 6) is -2.70. The van der Waals surface area contributed by atoms with Crippen molar-refractivity contribution in [3.63, 3.8) is 0 Å². The lowest BCUT2D eigenvalue weighted by atomic mass is 9.98. The van der Waals surface area contributed by atoms with Crippen LogP contribution in [0.5, 0.6) is 0 Å². The number of carbonyl (C=O) groups is 4. The van der Waals surface area contributed by atoms with E-state index in [-0.39, 0.29) is 6.61 Å². The first-order chi connectivity index (χ1) is 20.6. The summed E-state index contributed by atoms with van der Waals surface area (Å²) in [5, 5.41) is 2.16. The van der Waals surface area contributed by atoms with Crippen molar-refractivity contribution in [1.82, 2.24) is 0 Å². The van der Waals surface area contributed by atoms with Crippen LogP contribution in [0, 0.1) is 0 Å². The van der Waals surface area contributed by atoms with Gasteiger partial charge in [-0.2, -0.15) is 0 Å². The lowest BCUT2D eigenvalue weighted by Crippen LogP contribution is -2.65. The third-order valence-corrected chi connectivity index (χ3v) is 11.5. The zero-order chi connectivity index (χ0) is 31.0. The number of rotatable bonds is 9. The Bertz CT molecular complexity index is 1220. The van der Waals surface area contributed by atoms with E-state index in [4.69, 9.17) is 32.8 Å². The summed E-state index contributed by atoms with van der Waals surface area (Å²) in [6.45, 7) is 4.43. The summed E-state index contributed by atoms with van der Waals surface area (Å²) in [4.78, 5) is 48.2. The average Bonchev–Trinajstić information content (AvgIpc) is 3.19. The van der Waals surface area contributed by atoms with Gasteiger partial charge < -0.3 is 32.8 Å². The maximum atomic E-state index is 12.3. The molecular formula is C31H38O11Si. The monoisotopic (exact) mass is 614 g/mol. The summed E-state index contributed by atoms with van der Waals surface area (Å²) >= 11 is 0. The molecule has 0 aliphatic carbocycles. The fourth-order valence-corrected chi connectivity index (χ4v) is 9.71. The molecule has 11 nitrogen and oxygen atoms in total. The van der Waals surface area contributed by atoms with Gasteiger partial charge in [0.05, 0.1) is 0 Å². The number of ether oxygens (including phenoxy) is 6. The number of carbonyl (C=O) groups excluding carboxylic acids is 4. The third kappa shape index (κ3) is 8.29. The Balaban J connectivity index is 1.72. The van der Waals surface area contributed by atoms with Crippen LogP contribution in [0.15, 0.2) is 60.7 Å². The molecular weight excluding hydrogens is 576 g/mol. The smallest absolute Gasteiger partial charge is 0.303 e. The van der Waals surface area contributed by atoms with Gasteiger partial charge in [0.25, 0.3) is 8.32 Å². The lowest BCUT2D eigenvalue weighted by molar-refractivity contribution is -0.332. The van der Waals surface area contributed by atoms with Crippen LogP contribution in [0.1, 0.15) is 47.0 Å². The summed E-state index contributed by atoms with van der Waals surface area (Å²) in [6.07, 6.45) is -4.92. The van der Waals surface area contributed by atoms with Crippen LogP contribution in [-0.4, -0.2) is 75.8 Å². The van der Waals surface area contributed by atoms with Crippen LogP contribution in [0.25, 0.3) is 0 Å². The number of hydrogen-bond acceptors (Lipinski definition) is 11. The molecule has 2 aromatic rings. The maximum Gasteiger partial charge on any atom is 0.303 e. The van der Waals surface area contributed by atoms with Crippen molar-refractivity contribution < 1.29 is 52.0 Å². The predicted molar refractivity (Wildman–Crippen MR) is 154 cm³/mol. The summed E-state index contributed by atoms with van der Waals surface area (Å²) in [6, 6.07) is 20.9. The molecule has 43 heavy (non-hydrogen) atoms. The van der Waals surface area contributed by atoms with Gasteiger partial charge in [0, 0.05) is 27.7 Å². The zero-order valence-corrected chi connectivity index (χ0v) is 25.8. The van der Waals surface area contributed by atoms with Crippen LogP contribution in [0.4, 0.5) is 0 Å². The van der Waals surface area contributed by atoms with E-state index in [1.165, 1.54) is 27.7 Å². The highest BCUT2D eigenvalue weighted by molar-refractivity contribution is 6.97. The molecule has 2 saturated heterocycles. The van der Waals surface area contributed by atoms with E-state index < -0.39 is 69.2 Å². The largest absolute Gasteiger partial charge is 0.463 e. The normalized spacial score (nSPS) is 26.8. The highest BCUT2D eigenvalue weighted by Crippen LogP contribution is 2.33. The molecule has 0 spiro atoms. The van der Waals surface area contributed by atoms with Crippen LogP contribution in [0.3, 0.4) is 0 Å². The van der Waals surface area contributed by atoms with Gasteiger partial charge in [-0.05, 0) is 29.3 Å². The summed E-state index contributed by atoms with van der Waals surface area (Å²) < 4.78 is 41.4. The Hall–Kier alpha value is -3.58. The molecule has 0 amide bonds. The van der Waals surface area contributed by atoms with Gasteiger partial charge in [-0.1, -0.05) is 67.1 Å². The van der Waals surface area contributed by atoms with Crippen molar-refractivity contribution in [2.75, 3.05) is 6.61 Å². The first-order valence-electron chi connectivity index (χ1n) is 14.3. The number of esters is 4. The van der Waals surface area contributed by atoms with E-state index in [0.29, 0.717) is 6.42 Å². The minimum Gasteiger partial charge on any atom is -0.463 e. The topological polar surface area (TPSA) is 133 Å². The van der Waals surface area contributed by atoms with Crippen LogP contribution in [-0.2, 0) is 52.0 Å². The van der Waals surface area contributed by atoms with Crippen molar-refractivity contribution in [2.45, 2.75) is 90.0 Å². The molecule has 2 aromatic carbocycles. The van der Waals surface area contributed by atoms with Crippen LogP contribution < -0.4 is 10.4 Å². The molecule has 12 heteroatoms. The predicted octanol–water partition coefficient (Wildman–Crippen LogP) is 2.37. The van der Waals surface area contributed by atoms with Crippen molar-refractivity contribution in [3.05, 3.63) is 60.7 Å². The molecule has 2 fully saturated rings. The van der Waals surface area contributed by atoms with E-state index in [2.05, 4.69) is 24.3 Å². The van der Waals surface area contributed by atoms with Crippen molar-refractivity contribution in [1.29, 1.82) is 0 Å². The van der Waals surface area contributed by atoms with Crippen molar-refractivity contribution in [3.8, 4) is 0 Å². The molecule has 6 atom stereocenters. The SMILES string of the molecule is CC(=O)OCC1OC(OC2CCCC[Si](c3ccccc3)(c3ccccc3)O2)C(OC(C)=O)C(OC(C)=O)C1OC(C)=O. The minimum atomic E-state index is -2.82. The van der Waals surface area contributed by atoms with E-state index >= 15 is 0 Å². The molecule has 232 valence electrons. The Labute approximate surface area is 251 Å². The Kier molecular flexibility index (Phi) is 11.1. The Morgan fingerprint density at radius 2 is 1.26 bits per heavy atom. The standard InChI is InChI=1S/C31H38O11Si/c1-20(32)36-19-26-28(37-21(2)33)29(38-22(3)34)30(39-23(4)35)31(40-26)41-27-17-11-12-18-43(42-27,24-13-7-5-8-14-24)25-15-9-6-10-16-25/h5-10,13-16,26-31H,11-12,17-19H2,1-4H3. The molecule has 0 N–H and O–H groups in total. The van der Waals surface area contributed by atoms with Gasteiger partial charge in [0.15, 0.2) is 24.6 Å². The highest BCUT2D eigenvalue weighted by atomic mass is 28.4. The third-order valence-electron chi connectivity index (χ3n) is 7.27. The second-order valence-corrected chi connectivity index (χ2v) is 14.1. The zero-order valence-electron chi connectivity index (χ0n) is 24.8. The van der Waals surface area contributed by atoms with E-state index in [1.54, 1.807) is 0 Å². The van der Waals surface area contributed by atoms with Gasteiger partial charge in [-0.15, -0.1) is 0 Å². The van der Waals surface area contributed by atoms with Crippen LogP contribution in [0.2, 0.25) is 6.04 Å². The number of hydrogen-bond donors (Lipinski definition) is 0. The maximum absolute atomic E-state index is 12.3. The molecule has 0 aromatic heterocycles. The number of benzene rings is 2. The Morgan fingerprint density at radius 1 is 0.721 bits per heavy atom. The molecule has 2 aliphatic heterocycles. The fourth-order valence-electron chi connectivity index (χ4n) is 5.58. The first-order valence-corrected chi connectivity index (χ1v) is 16.5. The van der Waals surface area contributed by atoms with Gasteiger partial charge in [0.1, 0.15) is 12.7 Å². The summed E-state index contributed by atoms with van der Waals surface area (Å²) in [5.41, 5.74) is 0. The second kappa shape index (κ2) is 14.7. The molecule has 2 heterocycles. The molecule has 2 aliphatic rings. The van der Waals surface area contributed by atoms with Gasteiger partial charge in [-0.25, -0.2) is 0 Å². The van der Waals surface area contributed by atoms with Gasteiger partial charge >= 0.3 is 23.9 Å². The highest BCUT2D eigenvalue weighted by Gasteiger charge is 2.54. The molecule has 0 radical (unpaired) electrons. The fraction of sp³-hybridized carbons (Fsp3) is 0.484. The van der Waals surface area contributed by atoms with Gasteiger partial charge in [-0.3, -0.25) is 19.2 Å². The van der Waals surface area contributed by atoms with E-state index in [9.17, 15) is 19.2 Å². The quantitative estimate of drug-likeness (QED) is 0.234. The molecule has 4 rings (SSSR count). The molecule has 0 saturated carbocycles. The van der Waals surface area contributed by atoms with Crippen LogP contribution >= 0.6 is 0 Å². The van der Waals surface area contributed by atoms with E-state index in [1.807, 2.05) is 36.4 Å². The van der Waals surface area contributed by atoms with Crippen molar-refractivity contribution >= 4 is 42.6 Å². The van der Waals surface area contributed by atoms with Crippen molar-refractivity contribution in [2.24, 2.45) is 0 Å². The second-order valence-electron chi connectivity index (χ2n) is 10.6. The van der Waals surface area contributed by atoms with E-state index in [0.717, 1.165) is 29.3 Å². The molecule has 6 unspecified atom stereocenters. The lowest BCUT2D eigenvalue weighted by Gasteiger charge is -2.45. The van der Waals surface area contributed by atoms with Gasteiger partial charge in [0.2, 0.25) is 6.29 Å². The average molecular weight is 615 g/mol. The Morgan fingerprint density at radius 3 is 1.79 bits per heavy atom. The summed E-state index contributed by atoms with van der Waals surface area (Å²) in [7, 11) is -2.82. The first kappa shape index (κ1) is 32.3.